The second-order valence-electron chi connectivity index (χ2n) is 7.75. The first kappa shape index (κ1) is 16.0. The maximum atomic E-state index is 4.45. The van der Waals surface area contributed by atoms with Crippen LogP contribution in [0, 0.1) is 5.41 Å². The molecular formula is C19H28N2. The summed E-state index contributed by atoms with van der Waals surface area (Å²) in [6.07, 6.45) is 4.18. The molecule has 0 aliphatic carbocycles. The summed E-state index contributed by atoms with van der Waals surface area (Å²) in [7, 11) is 0. The molecule has 1 aromatic carbocycles. The third-order valence-corrected chi connectivity index (χ3v) is 3.87. The van der Waals surface area contributed by atoms with Crippen molar-refractivity contribution in [2.75, 3.05) is 6.54 Å². The molecule has 0 bridgehead atoms. The summed E-state index contributed by atoms with van der Waals surface area (Å²) < 4.78 is 0. The molecule has 0 aliphatic rings. The van der Waals surface area contributed by atoms with Gasteiger partial charge in [0.1, 0.15) is 0 Å². The van der Waals surface area contributed by atoms with Crippen LogP contribution in [0.5, 0.6) is 0 Å². The van der Waals surface area contributed by atoms with E-state index in [1.807, 2.05) is 6.20 Å². The summed E-state index contributed by atoms with van der Waals surface area (Å²) in [4.78, 5) is 4.45. The van der Waals surface area contributed by atoms with E-state index in [1.165, 1.54) is 17.4 Å². The molecule has 0 aliphatic heterocycles. The van der Waals surface area contributed by atoms with Crippen molar-refractivity contribution in [2.24, 2.45) is 5.41 Å². The standard InChI is InChI=1S/C19H28N2/c1-18(2,3)21-13-11-19(4,5)14-15-10-12-20-17-9-7-6-8-16(15)17/h6-10,12,21H,11,13-14H2,1-5H3. The molecule has 2 aromatic rings. The predicted molar refractivity (Wildman–Crippen MR) is 91.6 cm³/mol. The third kappa shape index (κ3) is 4.82. The van der Waals surface area contributed by atoms with Crippen molar-refractivity contribution in [2.45, 2.75) is 53.0 Å². The summed E-state index contributed by atoms with van der Waals surface area (Å²) in [6.45, 7) is 12.4. The van der Waals surface area contributed by atoms with Crippen molar-refractivity contribution in [3.63, 3.8) is 0 Å². The Labute approximate surface area is 129 Å². The zero-order valence-corrected chi connectivity index (χ0v) is 14.0. The first-order valence-electron chi connectivity index (χ1n) is 7.85. The van der Waals surface area contributed by atoms with Crippen molar-refractivity contribution in [1.29, 1.82) is 0 Å². The van der Waals surface area contributed by atoms with E-state index in [0.29, 0.717) is 0 Å². The highest BCUT2D eigenvalue weighted by molar-refractivity contribution is 5.81. The minimum atomic E-state index is 0.194. The number of rotatable bonds is 5. The highest BCUT2D eigenvalue weighted by atomic mass is 14.9. The normalized spacial score (nSPS) is 12.8. The van der Waals surface area contributed by atoms with Crippen LogP contribution in [-0.4, -0.2) is 17.1 Å². The Balaban J connectivity index is 2.08. The van der Waals surface area contributed by atoms with Gasteiger partial charge in [-0.05, 0) is 63.3 Å². The molecule has 1 aromatic heterocycles. The molecule has 0 saturated heterocycles. The monoisotopic (exact) mass is 284 g/mol. The molecule has 0 amide bonds. The third-order valence-electron chi connectivity index (χ3n) is 3.87. The van der Waals surface area contributed by atoms with Gasteiger partial charge in [-0.2, -0.15) is 0 Å². The zero-order valence-electron chi connectivity index (χ0n) is 14.0. The molecule has 1 N–H and O–H groups in total. The molecule has 0 saturated carbocycles. The Morgan fingerprint density at radius 1 is 1.00 bits per heavy atom. The van der Waals surface area contributed by atoms with Crippen LogP contribution >= 0.6 is 0 Å². The second kappa shape index (κ2) is 6.15. The molecule has 2 rings (SSSR count). The summed E-state index contributed by atoms with van der Waals surface area (Å²) in [5, 5.41) is 4.88. The van der Waals surface area contributed by atoms with Crippen LogP contribution in [0.4, 0.5) is 0 Å². The summed E-state index contributed by atoms with van der Waals surface area (Å²) in [5.74, 6) is 0. The number of aromatic nitrogens is 1. The van der Waals surface area contributed by atoms with Gasteiger partial charge in [-0.25, -0.2) is 0 Å². The number of fused-ring (bicyclic) bond motifs is 1. The molecule has 2 nitrogen and oxygen atoms in total. The fourth-order valence-corrected chi connectivity index (χ4v) is 2.69. The molecule has 0 radical (unpaired) electrons. The number of nitrogens with zero attached hydrogens (tertiary/aromatic N) is 1. The lowest BCUT2D eigenvalue weighted by Gasteiger charge is -2.28. The lowest BCUT2D eigenvalue weighted by atomic mass is 9.81. The van der Waals surface area contributed by atoms with E-state index in [0.717, 1.165) is 18.5 Å². The van der Waals surface area contributed by atoms with Gasteiger partial charge in [0.2, 0.25) is 0 Å². The Morgan fingerprint density at radius 2 is 1.71 bits per heavy atom. The smallest absolute Gasteiger partial charge is 0.0704 e. The average Bonchev–Trinajstić information content (AvgIpc) is 2.37. The highest BCUT2D eigenvalue weighted by Crippen LogP contribution is 2.29. The van der Waals surface area contributed by atoms with E-state index in [-0.39, 0.29) is 11.0 Å². The maximum Gasteiger partial charge on any atom is 0.0704 e. The molecule has 114 valence electrons. The van der Waals surface area contributed by atoms with Gasteiger partial charge in [-0.1, -0.05) is 32.0 Å². The lowest BCUT2D eigenvalue weighted by molar-refractivity contribution is 0.303. The van der Waals surface area contributed by atoms with Crippen molar-refractivity contribution in [3.05, 3.63) is 42.1 Å². The summed E-state index contributed by atoms with van der Waals surface area (Å²) >= 11 is 0. The maximum absolute atomic E-state index is 4.45. The van der Waals surface area contributed by atoms with Gasteiger partial charge in [-0.15, -0.1) is 0 Å². The van der Waals surface area contributed by atoms with Gasteiger partial charge < -0.3 is 5.32 Å². The number of para-hydroxylation sites is 1. The molecule has 1 heterocycles. The van der Waals surface area contributed by atoms with E-state index >= 15 is 0 Å². The molecular weight excluding hydrogens is 256 g/mol. The van der Waals surface area contributed by atoms with Gasteiger partial charge in [-0.3, -0.25) is 4.98 Å². The quantitative estimate of drug-likeness (QED) is 0.869. The first-order valence-corrected chi connectivity index (χ1v) is 7.85. The van der Waals surface area contributed by atoms with E-state index < -0.39 is 0 Å². The Kier molecular flexibility index (Phi) is 4.67. The van der Waals surface area contributed by atoms with E-state index in [9.17, 15) is 0 Å². The second-order valence-corrected chi connectivity index (χ2v) is 7.75. The summed E-state index contributed by atoms with van der Waals surface area (Å²) in [5.41, 5.74) is 2.97. The molecule has 0 atom stereocenters. The van der Waals surface area contributed by atoms with Crippen molar-refractivity contribution in [3.8, 4) is 0 Å². The van der Waals surface area contributed by atoms with Gasteiger partial charge in [0.05, 0.1) is 5.52 Å². The van der Waals surface area contributed by atoms with Crippen molar-refractivity contribution < 1.29 is 0 Å². The SMILES string of the molecule is CC(C)(CCNC(C)(C)C)Cc1ccnc2ccccc12. The molecule has 2 heteroatoms. The number of nitrogens with one attached hydrogen (secondary N) is 1. The van der Waals surface area contributed by atoms with E-state index in [4.69, 9.17) is 0 Å². The topological polar surface area (TPSA) is 24.9 Å². The van der Waals surface area contributed by atoms with Crippen LogP contribution in [0.3, 0.4) is 0 Å². The number of benzene rings is 1. The van der Waals surface area contributed by atoms with Gasteiger partial charge in [0.25, 0.3) is 0 Å². The van der Waals surface area contributed by atoms with Crippen LogP contribution in [0.1, 0.15) is 46.6 Å². The number of hydrogen-bond acceptors (Lipinski definition) is 2. The van der Waals surface area contributed by atoms with Crippen LogP contribution in [0.2, 0.25) is 0 Å². The lowest BCUT2D eigenvalue weighted by Crippen LogP contribution is -2.38. The van der Waals surface area contributed by atoms with Crippen LogP contribution < -0.4 is 5.32 Å². The van der Waals surface area contributed by atoms with Crippen LogP contribution in [0.15, 0.2) is 36.5 Å². The van der Waals surface area contributed by atoms with E-state index in [2.05, 4.69) is 75.3 Å². The Hall–Kier alpha value is -1.41. The fraction of sp³-hybridized carbons (Fsp3) is 0.526. The fourth-order valence-electron chi connectivity index (χ4n) is 2.69. The van der Waals surface area contributed by atoms with E-state index in [1.54, 1.807) is 0 Å². The molecule has 0 fully saturated rings. The van der Waals surface area contributed by atoms with Gasteiger partial charge in [0.15, 0.2) is 0 Å². The number of hydrogen-bond donors (Lipinski definition) is 1. The summed E-state index contributed by atoms with van der Waals surface area (Å²) in [6, 6.07) is 10.6. The Morgan fingerprint density at radius 3 is 2.43 bits per heavy atom. The molecule has 21 heavy (non-hydrogen) atoms. The number of pyridine rings is 1. The first-order chi connectivity index (χ1) is 9.77. The van der Waals surface area contributed by atoms with Crippen molar-refractivity contribution >= 4 is 10.9 Å². The highest BCUT2D eigenvalue weighted by Gasteiger charge is 2.20. The van der Waals surface area contributed by atoms with Gasteiger partial charge in [0, 0.05) is 17.1 Å². The average molecular weight is 284 g/mol. The van der Waals surface area contributed by atoms with Crippen molar-refractivity contribution in [1.82, 2.24) is 10.3 Å². The van der Waals surface area contributed by atoms with Crippen LogP contribution in [-0.2, 0) is 6.42 Å². The predicted octanol–water partition coefficient (Wildman–Crippen LogP) is 4.58. The minimum absolute atomic E-state index is 0.194. The van der Waals surface area contributed by atoms with Gasteiger partial charge >= 0.3 is 0 Å². The minimum Gasteiger partial charge on any atom is -0.312 e. The van der Waals surface area contributed by atoms with Crippen LogP contribution in [0.25, 0.3) is 10.9 Å². The molecule has 0 unspecified atom stereocenters. The zero-order chi connectivity index (χ0) is 15.5. The largest absolute Gasteiger partial charge is 0.312 e. The molecule has 0 spiro atoms. The Bertz CT molecular complexity index is 589.